The Hall–Kier alpha value is 0.0500. The molecule has 1 saturated heterocycles. The lowest BCUT2D eigenvalue weighted by Gasteiger charge is -2.40. The molecule has 1 saturated carbocycles. The van der Waals surface area contributed by atoms with Crippen molar-refractivity contribution in [2.45, 2.75) is 76.8 Å². The number of thiocarbonyl (C=S) groups is 1. The smallest absolute Gasteiger partial charge is 0.0115 e. The summed E-state index contributed by atoms with van der Waals surface area (Å²) >= 11 is 5.44. The van der Waals surface area contributed by atoms with Crippen LogP contribution in [0.4, 0.5) is 0 Å². The van der Waals surface area contributed by atoms with Crippen molar-refractivity contribution in [3.8, 4) is 0 Å². The van der Waals surface area contributed by atoms with Gasteiger partial charge >= 0.3 is 0 Å². The number of rotatable bonds is 4. The normalized spacial score (nSPS) is 34.4. The fourth-order valence-electron chi connectivity index (χ4n) is 3.39. The summed E-state index contributed by atoms with van der Waals surface area (Å²) < 4.78 is 0. The Labute approximate surface area is 105 Å². The molecule has 0 bridgehead atoms. The monoisotopic (exact) mass is 239 g/mol. The quantitative estimate of drug-likeness (QED) is 0.748. The molecule has 3 unspecified atom stereocenters. The third-order valence-electron chi connectivity index (χ3n) is 4.25. The van der Waals surface area contributed by atoms with Gasteiger partial charge in [0.2, 0.25) is 0 Å². The number of piperidine rings is 1. The molecule has 92 valence electrons. The summed E-state index contributed by atoms with van der Waals surface area (Å²) in [6.07, 6.45) is 12.0. The lowest BCUT2D eigenvalue weighted by atomic mass is 9.77. The van der Waals surface area contributed by atoms with E-state index in [9.17, 15) is 0 Å². The molecule has 16 heavy (non-hydrogen) atoms. The minimum absolute atomic E-state index is 0.693. The molecular weight excluding hydrogens is 214 g/mol. The molecule has 2 heteroatoms. The maximum atomic E-state index is 5.44. The van der Waals surface area contributed by atoms with Gasteiger partial charge in [0.25, 0.3) is 0 Å². The molecule has 2 aliphatic rings. The maximum Gasteiger partial charge on any atom is 0.0115 e. The summed E-state index contributed by atoms with van der Waals surface area (Å²) in [6, 6.07) is 1.51. The van der Waals surface area contributed by atoms with Gasteiger partial charge in [-0.05, 0) is 49.3 Å². The highest BCUT2D eigenvalue weighted by molar-refractivity contribution is 7.80. The van der Waals surface area contributed by atoms with E-state index in [0.29, 0.717) is 6.04 Å². The zero-order valence-corrected chi connectivity index (χ0v) is 11.3. The van der Waals surface area contributed by atoms with Gasteiger partial charge < -0.3 is 5.32 Å². The molecule has 1 nitrogen and oxygen atoms in total. The van der Waals surface area contributed by atoms with Crippen LogP contribution in [0, 0.1) is 5.92 Å². The van der Waals surface area contributed by atoms with Crippen molar-refractivity contribution in [1.29, 1.82) is 0 Å². The Morgan fingerprint density at radius 2 is 2.00 bits per heavy atom. The first-order valence-corrected chi connectivity index (χ1v) is 7.48. The van der Waals surface area contributed by atoms with E-state index in [2.05, 4.69) is 12.2 Å². The lowest BCUT2D eigenvalue weighted by Crippen LogP contribution is -2.49. The van der Waals surface area contributed by atoms with Gasteiger partial charge in [-0.2, -0.15) is 0 Å². The van der Waals surface area contributed by atoms with E-state index >= 15 is 0 Å². The van der Waals surface area contributed by atoms with E-state index in [0.717, 1.165) is 24.8 Å². The zero-order chi connectivity index (χ0) is 11.4. The Morgan fingerprint density at radius 3 is 2.81 bits per heavy atom. The molecule has 0 aromatic rings. The fourth-order valence-corrected chi connectivity index (χ4v) is 3.80. The van der Waals surface area contributed by atoms with Crippen molar-refractivity contribution in [3.63, 3.8) is 0 Å². The lowest BCUT2D eigenvalue weighted by molar-refractivity contribution is 0.178. The van der Waals surface area contributed by atoms with Crippen molar-refractivity contribution in [3.05, 3.63) is 0 Å². The fraction of sp³-hybridized carbons (Fsp3) is 0.929. The van der Waals surface area contributed by atoms with E-state index < -0.39 is 0 Å². The van der Waals surface area contributed by atoms with Gasteiger partial charge in [-0.1, -0.05) is 38.4 Å². The van der Waals surface area contributed by atoms with Crippen LogP contribution >= 0.6 is 12.2 Å². The largest absolute Gasteiger partial charge is 0.311 e. The average Bonchev–Trinajstić information content (AvgIpc) is 2.29. The summed E-state index contributed by atoms with van der Waals surface area (Å²) in [5, 5.41) is 3.86. The van der Waals surface area contributed by atoms with Gasteiger partial charge in [-0.25, -0.2) is 0 Å². The molecule has 1 heterocycles. The van der Waals surface area contributed by atoms with Crippen molar-refractivity contribution in [2.24, 2.45) is 5.92 Å². The van der Waals surface area contributed by atoms with Crippen molar-refractivity contribution in [2.75, 3.05) is 0 Å². The highest BCUT2D eigenvalue weighted by atomic mass is 32.1. The molecule has 0 aromatic carbocycles. The molecule has 1 aliphatic heterocycles. The Morgan fingerprint density at radius 1 is 1.19 bits per heavy atom. The van der Waals surface area contributed by atoms with E-state index in [1.54, 1.807) is 0 Å². The standard InChI is InChI=1S/C14H25NS/c1-2-5-13(16)10-12-9-8-11-6-3-4-7-14(11)15-12/h11-12,14-15H,2-10H2,1H3. The molecule has 3 atom stereocenters. The topological polar surface area (TPSA) is 12.0 Å². The SMILES string of the molecule is CCCC(=S)CC1CCC2CCCCC2N1. The Bertz CT molecular complexity index is 239. The van der Waals surface area contributed by atoms with Gasteiger partial charge in [0.05, 0.1) is 0 Å². The molecule has 1 aliphatic carbocycles. The first-order valence-electron chi connectivity index (χ1n) is 7.07. The minimum atomic E-state index is 0.693. The third kappa shape index (κ3) is 3.27. The van der Waals surface area contributed by atoms with Crippen LogP contribution in [0.3, 0.4) is 0 Å². The Kier molecular flexibility index (Phi) is 4.78. The zero-order valence-electron chi connectivity index (χ0n) is 10.5. The molecule has 0 aromatic heterocycles. The predicted molar refractivity (Wildman–Crippen MR) is 74.0 cm³/mol. The average molecular weight is 239 g/mol. The Balaban J connectivity index is 1.78. The number of hydrogen-bond donors (Lipinski definition) is 1. The highest BCUT2D eigenvalue weighted by Crippen LogP contribution is 2.32. The van der Waals surface area contributed by atoms with Crippen LogP contribution in [-0.4, -0.2) is 16.9 Å². The predicted octanol–water partition coefficient (Wildman–Crippen LogP) is 3.86. The van der Waals surface area contributed by atoms with Crippen LogP contribution in [0.25, 0.3) is 0 Å². The summed E-state index contributed by atoms with van der Waals surface area (Å²) in [6.45, 7) is 2.22. The third-order valence-corrected chi connectivity index (χ3v) is 4.62. The van der Waals surface area contributed by atoms with Crippen molar-refractivity contribution in [1.82, 2.24) is 5.32 Å². The molecule has 0 radical (unpaired) electrons. The molecule has 2 rings (SSSR count). The van der Waals surface area contributed by atoms with E-state index in [1.165, 1.54) is 49.8 Å². The van der Waals surface area contributed by atoms with Gasteiger partial charge in [0.15, 0.2) is 0 Å². The summed E-state index contributed by atoms with van der Waals surface area (Å²) in [4.78, 5) is 1.29. The molecular formula is C14H25NS. The molecule has 1 N–H and O–H groups in total. The van der Waals surface area contributed by atoms with E-state index in [4.69, 9.17) is 12.2 Å². The second-order valence-electron chi connectivity index (χ2n) is 5.58. The molecule has 0 amide bonds. The first-order chi connectivity index (χ1) is 7.79. The van der Waals surface area contributed by atoms with Crippen LogP contribution in [0.5, 0.6) is 0 Å². The maximum absolute atomic E-state index is 5.44. The molecule has 0 spiro atoms. The van der Waals surface area contributed by atoms with E-state index in [-0.39, 0.29) is 0 Å². The van der Waals surface area contributed by atoms with Gasteiger partial charge in [-0.3, -0.25) is 0 Å². The number of hydrogen-bond acceptors (Lipinski definition) is 2. The summed E-state index contributed by atoms with van der Waals surface area (Å²) in [5.74, 6) is 0.977. The van der Waals surface area contributed by atoms with Gasteiger partial charge in [-0.15, -0.1) is 0 Å². The minimum Gasteiger partial charge on any atom is -0.311 e. The second kappa shape index (κ2) is 6.11. The summed E-state index contributed by atoms with van der Waals surface area (Å²) in [5.41, 5.74) is 0. The second-order valence-corrected chi connectivity index (χ2v) is 6.16. The molecule has 2 fully saturated rings. The van der Waals surface area contributed by atoms with Crippen LogP contribution in [-0.2, 0) is 0 Å². The van der Waals surface area contributed by atoms with Crippen molar-refractivity contribution >= 4 is 17.1 Å². The van der Waals surface area contributed by atoms with Crippen molar-refractivity contribution < 1.29 is 0 Å². The summed E-state index contributed by atoms with van der Waals surface area (Å²) in [7, 11) is 0. The highest BCUT2D eigenvalue weighted by Gasteiger charge is 2.31. The first kappa shape index (κ1) is 12.5. The van der Waals surface area contributed by atoms with Crippen LogP contribution in [0.2, 0.25) is 0 Å². The van der Waals surface area contributed by atoms with Crippen LogP contribution in [0.1, 0.15) is 64.7 Å². The number of fused-ring (bicyclic) bond motifs is 1. The number of nitrogens with one attached hydrogen (secondary N) is 1. The van der Waals surface area contributed by atoms with Gasteiger partial charge in [0, 0.05) is 12.1 Å². The van der Waals surface area contributed by atoms with Crippen LogP contribution in [0.15, 0.2) is 0 Å². The van der Waals surface area contributed by atoms with Crippen LogP contribution < -0.4 is 5.32 Å². The van der Waals surface area contributed by atoms with Gasteiger partial charge in [0.1, 0.15) is 0 Å². The van der Waals surface area contributed by atoms with E-state index in [1.807, 2.05) is 0 Å².